The van der Waals surface area contributed by atoms with Crippen LogP contribution >= 0.6 is 0 Å². The molecule has 1 N–H and O–H groups in total. The first-order valence-corrected chi connectivity index (χ1v) is 10.0. The fourth-order valence-corrected chi connectivity index (χ4v) is 3.60. The van der Waals surface area contributed by atoms with Gasteiger partial charge in [-0.3, -0.25) is 9.78 Å². The average molecular weight is 387 g/mol. The van der Waals surface area contributed by atoms with Crippen molar-refractivity contribution in [3.8, 4) is 5.75 Å². The smallest absolute Gasteiger partial charge is 0.227 e. The maximum atomic E-state index is 12.7. The zero-order chi connectivity index (χ0) is 19.9. The van der Waals surface area contributed by atoms with E-state index in [1.807, 2.05) is 66.7 Å². The van der Waals surface area contributed by atoms with Crippen molar-refractivity contribution in [3.05, 3.63) is 84.7 Å². The summed E-state index contributed by atoms with van der Waals surface area (Å²) in [7, 11) is 0. The minimum atomic E-state index is 0.0296. The Kier molecular flexibility index (Phi) is 6.05. The van der Waals surface area contributed by atoms with Gasteiger partial charge in [-0.05, 0) is 42.7 Å². The molecule has 2 heterocycles. The second-order valence-corrected chi connectivity index (χ2v) is 7.26. The van der Waals surface area contributed by atoms with Crippen LogP contribution in [0.3, 0.4) is 0 Å². The first-order valence-electron chi connectivity index (χ1n) is 10.0. The molecule has 3 aromatic rings. The Morgan fingerprint density at radius 2 is 1.76 bits per heavy atom. The van der Waals surface area contributed by atoms with Gasteiger partial charge in [-0.2, -0.15) is 0 Å². The largest absolute Gasteiger partial charge is 0.489 e. The average Bonchev–Trinajstić information content (AvgIpc) is 2.79. The number of ether oxygens (including phenoxy) is 1. The summed E-state index contributed by atoms with van der Waals surface area (Å²) in [6.07, 6.45) is 5.30. The summed E-state index contributed by atoms with van der Waals surface area (Å²) < 4.78 is 5.86. The van der Waals surface area contributed by atoms with Gasteiger partial charge in [0.1, 0.15) is 12.4 Å². The van der Waals surface area contributed by atoms with E-state index in [2.05, 4.69) is 15.2 Å². The van der Waals surface area contributed by atoms with Gasteiger partial charge in [-0.15, -0.1) is 0 Å². The summed E-state index contributed by atoms with van der Waals surface area (Å²) in [6, 6.07) is 21.7. The third-order valence-corrected chi connectivity index (χ3v) is 5.24. The van der Waals surface area contributed by atoms with Gasteiger partial charge in [0.25, 0.3) is 0 Å². The summed E-state index contributed by atoms with van der Waals surface area (Å²) in [5, 5.41) is 3.06. The van der Waals surface area contributed by atoms with Crippen molar-refractivity contribution < 1.29 is 9.53 Å². The van der Waals surface area contributed by atoms with Crippen LogP contribution in [0.5, 0.6) is 5.75 Å². The number of piperidine rings is 1. The minimum Gasteiger partial charge on any atom is -0.489 e. The SMILES string of the molecule is O=C(Nc1cccc(OCc2ccccc2)c1)C1CCN(c2ccncc2)CC1. The predicted octanol–water partition coefficient (Wildman–Crippen LogP) is 4.52. The van der Waals surface area contributed by atoms with Crippen LogP contribution in [-0.4, -0.2) is 24.0 Å². The highest BCUT2D eigenvalue weighted by Gasteiger charge is 2.25. The Hall–Kier alpha value is -3.34. The lowest BCUT2D eigenvalue weighted by atomic mass is 9.95. The van der Waals surface area contributed by atoms with Gasteiger partial charge in [0, 0.05) is 48.8 Å². The van der Waals surface area contributed by atoms with E-state index in [-0.39, 0.29) is 11.8 Å². The van der Waals surface area contributed by atoms with Gasteiger partial charge in [-0.1, -0.05) is 36.4 Å². The molecule has 0 bridgehead atoms. The Balaban J connectivity index is 1.29. The van der Waals surface area contributed by atoms with E-state index in [1.165, 1.54) is 5.69 Å². The van der Waals surface area contributed by atoms with E-state index in [0.717, 1.165) is 42.9 Å². The molecule has 4 rings (SSSR count). The predicted molar refractivity (Wildman–Crippen MR) is 115 cm³/mol. The van der Waals surface area contributed by atoms with Gasteiger partial charge < -0.3 is 15.0 Å². The van der Waals surface area contributed by atoms with Crippen molar-refractivity contribution in [1.82, 2.24) is 4.98 Å². The molecule has 1 aliphatic heterocycles. The highest BCUT2D eigenvalue weighted by Crippen LogP contribution is 2.25. The van der Waals surface area contributed by atoms with Crippen LogP contribution in [0, 0.1) is 5.92 Å². The summed E-state index contributed by atoms with van der Waals surface area (Å²) >= 11 is 0. The first kappa shape index (κ1) is 19.0. The third-order valence-electron chi connectivity index (χ3n) is 5.24. The summed E-state index contributed by atoms with van der Waals surface area (Å²) in [4.78, 5) is 19.1. The van der Waals surface area contributed by atoms with Crippen LogP contribution in [0.15, 0.2) is 79.1 Å². The molecule has 5 heteroatoms. The second-order valence-electron chi connectivity index (χ2n) is 7.26. The Bertz CT molecular complexity index is 923. The number of hydrogen-bond donors (Lipinski definition) is 1. The quantitative estimate of drug-likeness (QED) is 0.676. The van der Waals surface area contributed by atoms with Gasteiger partial charge in [0.05, 0.1) is 0 Å². The Morgan fingerprint density at radius 3 is 2.52 bits per heavy atom. The number of amides is 1. The van der Waals surface area contributed by atoms with Gasteiger partial charge in [0.2, 0.25) is 5.91 Å². The number of carbonyl (C=O) groups excluding carboxylic acids is 1. The lowest BCUT2D eigenvalue weighted by molar-refractivity contribution is -0.120. The summed E-state index contributed by atoms with van der Waals surface area (Å²) in [5.74, 6) is 0.862. The minimum absolute atomic E-state index is 0.0296. The number of anilines is 2. The second kappa shape index (κ2) is 9.24. The number of pyridine rings is 1. The molecule has 1 aromatic heterocycles. The van der Waals surface area contributed by atoms with Crippen molar-refractivity contribution >= 4 is 17.3 Å². The molecule has 0 spiro atoms. The van der Waals surface area contributed by atoms with Crippen LogP contribution < -0.4 is 15.0 Å². The van der Waals surface area contributed by atoms with Gasteiger partial charge in [-0.25, -0.2) is 0 Å². The topological polar surface area (TPSA) is 54.5 Å². The molecule has 0 atom stereocenters. The van der Waals surface area contributed by atoms with Gasteiger partial charge >= 0.3 is 0 Å². The number of rotatable bonds is 6. The van der Waals surface area contributed by atoms with Crippen molar-refractivity contribution in [3.63, 3.8) is 0 Å². The molecule has 148 valence electrons. The maximum absolute atomic E-state index is 12.7. The Morgan fingerprint density at radius 1 is 1.00 bits per heavy atom. The molecule has 0 saturated carbocycles. The van der Waals surface area contributed by atoms with Crippen LogP contribution in [-0.2, 0) is 11.4 Å². The van der Waals surface area contributed by atoms with Gasteiger partial charge in [0.15, 0.2) is 0 Å². The third kappa shape index (κ3) is 5.13. The molecule has 0 aliphatic carbocycles. The number of nitrogens with zero attached hydrogens (tertiary/aromatic N) is 2. The van der Waals surface area contributed by atoms with E-state index < -0.39 is 0 Å². The zero-order valence-electron chi connectivity index (χ0n) is 16.3. The van der Waals surface area contributed by atoms with E-state index in [4.69, 9.17) is 4.74 Å². The first-order chi connectivity index (χ1) is 14.3. The van der Waals surface area contributed by atoms with E-state index >= 15 is 0 Å². The molecule has 1 amide bonds. The highest BCUT2D eigenvalue weighted by molar-refractivity contribution is 5.92. The maximum Gasteiger partial charge on any atom is 0.227 e. The fraction of sp³-hybridized carbons (Fsp3) is 0.250. The summed E-state index contributed by atoms with van der Waals surface area (Å²) in [5.41, 5.74) is 3.06. The standard InChI is InChI=1S/C24H25N3O2/c28-24(20-11-15-27(16-12-20)22-9-13-25-14-10-22)26-21-7-4-8-23(17-21)29-18-19-5-2-1-3-6-19/h1-10,13-14,17,20H,11-12,15-16,18H2,(H,26,28). The van der Waals surface area contributed by atoms with Crippen molar-refractivity contribution in [2.45, 2.75) is 19.4 Å². The molecule has 29 heavy (non-hydrogen) atoms. The number of aromatic nitrogens is 1. The molecule has 5 nitrogen and oxygen atoms in total. The van der Waals surface area contributed by atoms with Crippen LogP contribution in [0.1, 0.15) is 18.4 Å². The molecule has 0 radical (unpaired) electrons. The van der Waals surface area contributed by atoms with E-state index in [0.29, 0.717) is 6.61 Å². The lowest BCUT2D eigenvalue weighted by Crippen LogP contribution is -2.38. The number of hydrogen-bond acceptors (Lipinski definition) is 4. The van der Waals surface area contributed by atoms with Crippen molar-refractivity contribution in [2.75, 3.05) is 23.3 Å². The zero-order valence-corrected chi connectivity index (χ0v) is 16.3. The normalized spacial score (nSPS) is 14.4. The number of carbonyl (C=O) groups is 1. The fourth-order valence-electron chi connectivity index (χ4n) is 3.60. The van der Waals surface area contributed by atoms with E-state index in [1.54, 1.807) is 12.4 Å². The van der Waals surface area contributed by atoms with Crippen LogP contribution in [0.2, 0.25) is 0 Å². The molecule has 1 fully saturated rings. The lowest BCUT2D eigenvalue weighted by Gasteiger charge is -2.32. The number of benzene rings is 2. The van der Waals surface area contributed by atoms with Crippen LogP contribution in [0.4, 0.5) is 11.4 Å². The summed E-state index contributed by atoms with van der Waals surface area (Å²) in [6.45, 7) is 2.26. The molecule has 1 saturated heterocycles. The monoisotopic (exact) mass is 387 g/mol. The van der Waals surface area contributed by atoms with E-state index in [9.17, 15) is 4.79 Å². The molecule has 1 aliphatic rings. The highest BCUT2D eigenvalue weighted by atomic mass is 16.5. The molecule has 2 aromatic carbocycles. The number of nitrogens with one attached hydrogen (secondary N) is 1. The van der Waals surface area contributed by atoms with Crippen LogP contribution in [0.25, 0.3) is 0 Å². The molecule has 0 unspecified atom stereocenters. The molecular formula is C24H25N3O2. The van der Waals surface area contributed by atoms with Crippen molar-refractivity contribution in [1.29, 1.82) is 0 Å². The van der Waals surface area contributed by atoms with Crippen molar-refractivity contribution in [2.24, 2.45) is 5.92 Å². The molecular weight excluding hydrogens is 362 g/mol. The Labute approximate surface area is 171 Å².